The molecular formula is C31H40O2Si. The molecule has 0 N–H and O–H groups in total. The number of hydrogen-bond donors (Lipinski definition) is 0. The smallest absolute Gasteiger partial charge is 0.123 e. The van der Waals surface area contributed by atoms with E-state index in [0.29, 0.717) is 5.54 Å². The molecule has 34 heavy (non-hydrogen) atoms. The normalized spacial score (nSPS) is 15.1. The standard InChI is InChI=1S/C31H40O2Si/c1-9-10-14-24-26(32-4)19-20-27(33-5)29(24)31(2,3)25-18-13-17-22-21-15-11-12-16-23(21)30(28(22)25)34(6,7)8/h11-13,15-20,30H,9-10,14H2,1-8H3. The van der Waals surface area contributed by atoms with Gasteiger partial charge in [-0.1, -0.05) is 89.3 Å². The van der Waals surface area contributed by atoms with Crippen molar-refractivity contribution in [3.05, 3.63) is 82.4 Å². The second-order valence-corrected chi connectivity index (χ2v) is 16.5. The molecule has 0 radical (unpaired) electrons. The summed E-state index contributed by atoms with van der Waals surface area (Å²) in [5, 5.41) is 0. The predicted octanol–water partition coefficient (Wildman–Crippen LogP) is 8.36. The Morgan fingerprint density at radius 3 is 2.12 bits per heavy atom. The number of fused-ring (bicyclic) bond motifs is 3. The molecular weight excluding hydrogens is 432 g/mol. The average Bonchev–Trinajstić information content (AvgIpc) is 3.16. The molecule has 4 rings (SSSR count). The maximum atomic E-state index is 6.00. The van der Waals surface area contributed by atoms with Crippen LogP contribution in [0.3, 0.4) is 0 Å². The van der Waals surface area contributed by atoms with Gasteiger partial charge in [0.05, 0.1) is 22.3 Å². The van der Waals surface area contributed by atoms with Crippen molar-refractivity contribution in [3.8, 4) is 22.6 Å². The van der Waals surface area contributed by atoms with Crippen LogP contribution in [0.25, 0.3) is 11.1 Å². The van der Waals surface area contributed by atoms with Crippen molar-refractivity contribution >= 4 is 8.07 Å². The van der Waals surface area contributed by atoms with Crippen LogP contribution in [-0.2, 0) is 11.8 Å². The summed E-state index contributed by atoms with van der Waals surface area (Å²) in [4.78, 5) is 0. The van der Waals surface area contributed by atoms with Gasteiger partial charge in [0.25, 0.3) is 0 Å². The molecule has 0 spiro atoms. The van der Waals surface area contributed by atoms with Crippen LogP contribution < -0.4 is 9.47 Å². The Kier molecular flexibility index (Phi) is 6.70. The van der Waals surface area contributed by atoms with Gasteiger partial charge >= 0.3 is 0 Å². The van der Waals surface area contributed by atoms with Crippen molar-refractivity contribution in [2.24, 2.45) is 0 Å². The van der Waals surface area contributed by atoms with Gasteiger partial charge in [0.15, 0.2) is 0 Å². The molecule has 0 saturated carbocycles. The van der Waals surface area contributed by atoms with Crippen molar-refractivity contribution < 1.29 is 9.47 Å². The van der Waals surface area contributed by atoms with E-state index in [1.165, 1.54) is 38.9 Å². The van der Waals surface area contributed by atoms with Gasteiger partial charge in [-0.05, 0) is 52.8 Å². The highest BCUT2D eigenvalue weighted by Gasteiger charge is 2.43. The minimum atomic E-state index is -1.57. The topological polar surface area (TPSA) is 18.5 Å². The lowest BCUT2D eigenvalue weighted by Crippen LogP contribution is -2.33. The lowest BCUT2D eigenvalue weighted by molar-refractivity contribution is 0.385. The van der Waals surface area contributed by atoms with Gasteiger partial charge in [-0.15, -0.1) is 0 Å². The first-order chi connectivity index (χ1) is 16.2. The SMILES string of the molecule is CCCCc1c(OC)ccc(OC)c1C(C)(C)c1cccc2c1C([Si](C)(C)C)c1ccccc1-2. The molecule has 0 aliphatic heterocycles. The van der Waals surface area contributed by atoms with Crippen LogP contribution in [0.1, 0.15) is 67.0 Å². The molecule has 1 atom stereocenters. The Morgan fingerprint density at radius 1 is 0.824 bits per heavy atom. The predicted molar refractivity (Wildman–Crippen MR) is 147 cm³/mol. The van der Waals surface area contributed by atoms with E-state index in [4.69, 9.17) is 9.47 Å². The van der Waals surface area contributed by atoms with Crippen molar-refractivity contribution in [2.45, 2.75) is 70.6 Å². The van der Waals surface area contributed by atoms with Gasteiger partial charge in [-0.3, -0.25) is 0 Å². The quantitative estimate of drug-likeness (QED) is 0.307. The van der Waals surface area contributed by atoms with Gasteiger partial charge in [-0.2, -0.15) is 0 Å². The van der Waals surface area contributed by atoms with Crippen LogP contribution >= 0.6 is 0 Å². The summed E-state index contributed by atoms with van der Waals surface area (Å²) in [6.07, 6.45) is 3.26. The van der Waals surface area contributed by atoms with Crippen LogP contribution in [0.2, 0.25) is 19.6 Å². The summed E-state index contributed by atoms with van der Waals surface area (Å²) in [5.74, 6) is 1.92. The molecule has 1 aliphatic carbocycles. The minimum Gasteiger partial charge on any atom is -0.496 e. The fraction of sp³-hybridized carbons (Fsp3) is 0.419. The fourth-order valence-corrected chi connectivity index (χ4v) is 8.46. The monoisotopic (exact) mass is 472 g/mol. The lowest BCUT2D eigenvalue weighted by atomic mass is 9.72. The summed E-state index contributed by atoms with van der Waals surface area (Å²) >= 11 is 0. The molecule has 3 heteroatoms. The molecule has 2 nitrogen and oxygen atoms in total. The zero-order valence-corrected chi connectivity index (χ0v) is 23.2. The maximum absolute atomic E-state index is 6.00. The molecule has 0 aromatic heterocycles. The van der Waals surface area contributed by atoms with Crippen LogP contribution in [0, 0.1) is 0 Å². The van der Waals surface area contributed by atoms with Crippen molar-refractivity contribution in [1.82, 2.24) is 0 Å². The third-order valence-corrected chi connectivity index (χ3v) is 9.90. The first-order valence-electron chi connectivity index (χ1n) is 12.6. The Labute approximate surface area is 207 Å². The Morgan fingerprint density at radius 2 is 1.47 bits per heavy atom. The number of methoxy groups -OCH3 is 2. The number of benzene rings is 3. The van der Waals surface area contributed by atoms with Gasteiger partial charge in [0, 0.05) is 22.1 Å². The van der Waals surface area contributed by atoms with E-state index in [1.54, 1.807) is 14.2 Å². The van der Waals surface area contributed by atoms with E-state index in [9.17, 15) is 0 Å². The maximum Gasteiger partial charge on any atom is 0.123 e. The third kappa shape index (κ3) is 3.98. The second-order valence-electron chi connectivity index (χ2n) is 11.2. The molecule has 3 aromatic rings. The molecule has 1 unspecified atom stereocenters. The van der Waals surface area contributed by atoms with E-state index >= 15 is 0 Å². The van der Waals surface area contributed by atoms with Crippen molar-refractivity contribution in [2.75, 3.05) is 14.2 Å². The highest BCUT2D eigenvalue weighted by Crippen LogP contribution is 2.54. The third-order valence-electron chi connectivity index (χ3n) is 7.57. The van der Waals surface area contributed by atoms with Gasteiger partial charge in [0.2, 0.25) is 0 Å². The number of ether oxygens (including phenoxy) is 2. The molecule has 0 amide bonds. The Bertz CT molecular complexity index is 1190. The highest BCUT2D eigenvalue weighted by molar-refractivity contribution is 6.78. The van der Waals surface area contributed by atoms with E-state index in [-0.39, 0.29) is 5.41 Å². The molecule has 0 fully saturated rings. The van der Waals surface area contributed by atoms with Crippen LogP contribution in [-0.4, -0.2) is 22.3 Å². The summed E-state index contributed by atoms with van der Waals surface area (Å²) in [6, 6.07) is 20.1. The average molecular weight is 473 g/mol. The zero-order chi connectivity index (χ0) is 24.7. The molecule has 0 bridgehead atoms. The Hall–Kier alpha value is -2.52. The molecule has 0 saturated heterocycles. The summed E-state index contributed by atoms with van der Waals surface area (Å²) in [5.41, 5.74) is 10.0. The van der Waals surface area contributed by atoms with Crippen molar-refractivity contribution in [3.63, 3.8) is 0 Å². The molecule has 180 valence electrons. The van der Waals surface area contributed by atoms with Gasteiger partial charge in [0.1, 0.15) is 11.5 Å². The largest absolute Gasteiger partial charge is 0.496 e. The van der Waals surface area contributed by atoms with E-state index in [2.05, 4.69) is 95.0 Å². The van der Waals surface area contributed by atoms with E-state index in [0.717, 1.165) is 30.8 Å². The first kappa shape index (κ1) is 24.6. The van der Waals surface area contributed by atoms with Crippen LogP contribution in [0.5, 0.6) is 11.5 Å². The number of rotatable bonds is 8. The molecule has 3 aromatic carbocycles. The minimum absolute atomic E-state index is 0.242. The van der Waals surface area contributed by atoms with Gasteiger partial charge < -0.3 is 9.47 Å². The number of hydrogen-bond acceptors (Lipinski definition) is 2. The Balaban J connectivity index is 2.02. The van der Waals surface area contributed by atoms with E-state index in [1.807, 2.05) is 0 Å². The summed E-state index contributed by atoms with van der Waals surface area (Å²) in [6.45, 7) is 14.5. The number of unbranched alkanes of at least 4 members (excludes halogenated alkanes) is 1. The zero-order valence-electron chi connectivity index (χ0n) is 22.2. The van der Waals surface area contributed by atoms with Crippen LogP contribution in [0.4, 0.5) is 0 Å². The van der Waals surface area contributed by atoms with Crippen molar-refractivity contribution in [1.29, 1.82) is 0 Å². The summed E-state index contributed by atoms with van der Waals surface area (Å²) < 4.78 is 11.9. The van der Waals surface area contributed by atoms with Crippen LogP contribution in [0.15, 0.2) is 54.6 Å². The van der Waals surface area contributed by atoms with E-state index < -0.39 is 8.07 Å². The molecule has 0 heterocycles. The highest BCUT2D eigenvalue weighted by atomic mass is 28.3. The summed E-state index contributed by atoms with van der Waals surface area (Å²) in [7, 11) is 2.01. The molecule has 1 aliphatic rings. The van der Waals surface area contributed by atoms with Gasteiger partial charge in [-0.25, -0.2) is 0 Å². The second kappa shape index (κ2) is 9.26. The lowest BCUT2D eigenvalue weighted by Gasteiger charge is -2.36. The first-order valence-corrected chi connectivity index (χ1v) is 16.2. The fourth-order valence-electron chi connectivity index (χ4n) is 6.10.